The van der Waals surface area contributed by atoms with Crippen LogP contribution in [0.4, 0.5) is 4.79 Å². The van der Waals surface area contributed by atoms with Crippen LogP contribution in [0.1, 0.15) is 49.4 Å². The summed E-state index contributed by atoms with van der Waals surface area (Å²) in [5, 5.41) is 0. The van der Waals surface area contributed by atoms with Crippen LogP contribution in [0.5, 0.6) is 11.5 Å². The van der Waals surface area contributed by atoms with Gasteiger partial charge >= 0.3 is 6.03 Å². The zero-order valence-corrected chi connectivity index (χ0v) is 21.3. The number of aryl methyl sites for hydroxylation is 1. The SMILES string of the molecule is CCN1C(=O)N2Cc3cc(OC)cc(OC)c3C3(C=C2C12CCN(Cc1cccn1C)CC2)CC3. The van der Waals surface area contributed by atoms with Crippen molar-refractivity contribution in [3.63, 3.8) is 0 Å². The molecule has 6 rings (SSSR count). The summed E-state index contributed by atoms with van der Waals surface area (Å²) in [7, 11) is 5.53. The summed E-state index contributed by atoms with van der Waals surface area (Å²) in [4.78, 5) is 20.6. The fourth-order valence-corrected chi connectivity index (χ4v) is 6.77. The van der Waals surface area contributed by atoms with E-state index in [1.165, 1.54) is 17.0 Å². The first-order valence-electron chi connectivity index (χ1n) is 12.8. The summed E-state index contributed by atoms with van der Waals surface area (Å²) >= 11 is 0. The van der Waals surface area contributed by atoms with E-state index in [1.54, 1.807) is 14.2 Å². The van der Waals surface area contributed by atoms with Crippen molar-refractivity contribution in [2.24, 2.45) is 7.05 Å². The lowest BCUT2D eigenvalue weighted by molar-refractivity contribution is 0.0877. The number of ether oxygens (including phenoxy) is 2. The smallest absolute Gasteiger partial charge is 0.325 e. The van der Waals surface area contributed by atoms with Crippen molar-refractivity contribution in [3.05, 3.63) is 59.1 Å². The Morgan fingerprint density at radius 2 is 1.83 bits per heavy atom. The molecular weight excluding hydrogens is 440 g/mol. The first-order chi connectivity index (χ1) is 16.9. The van der Waals surface area contributed by atoms with Crippen LogP contribution in [-0.2, 0) is 25.6 Å². The summed E-state index contributed by atoms with van der Waals surface area (Å²) in [5.74, 6) is 1.66. The maximum Gasteiger partial charge on any atom is 0.325 e. The Morgan fingerprint density at radius 1 is 1.06 bits per heavy atom. The molecule has 0 radical (unpaired) electrons. The van der Waals surface area contributed by atoms with Gasteiger partial charge in [0, 0.05) is 67.9 Å². The minimum Gasteiger partial charge on any atom is -0.497 e. The number of rotatable bonds is 5. The van der Waals surface area contributed by atoms with E-state index in [1.807, 2.05) is 6.07 Å². The van der Waals surface area contributed by atoms with Crippen LogP contribution in [0.3, 0.4) is 0 Å². The van der Waals surface area contributed by atoms with Crippen LogP contribution < -0.4 is 9.47 Å². The number of hydrogen-bond acceptors (Lipinski definition) is 4. The number of allylic oxidation sites excluding steroid dienone is 1. The third-order valence-electron chi connectivity index (χ3n) is 8.82. The van der Waals surface area contributed by atoms with E-state index < -0.39 is 0 Å². The molecule has 2 aromatic rings. The van der Waals surface area contributed by atoms with E-state index in [9.17, 15) is 4.79 Å². The van der Waals surface area contributed by atoms with Crippen LogP contribution in [0.2, 0.25) is 0 Å². The van der Waals surface area contributed by atoms with Crippen molar-refractivity contribution in [1.29, 1.82) is 0 Å². The molecule has 186 valence electrons. The monoisotopic (exact) mass is 476 g/mol. The van der Waals surface area contributed by atoms with Crippen molar-refractivity contribution >= 4 is 6.03 Å². The van der Waals surface area contributed by atoms with Gasteiger partial charge in [-0.3, -0.25) is 9.80 Å². The van der Waals surface area contributed by atoms with Crippen molar-refractivity contribution in [1.82, 2.24) is 19.3 Å². The highest BCUT2D eigenvalue weighted by atomic mass is 16.5. The van der Waals surface area contributed by atoms with Gasteiger partial charge in [-0.25, -0.2) is 4.79 Å². The number of urea groups is 1. The molecule has 4 aliphatic rings. The maximum atomic E-state index is 13.9. The Balaban J connectivity index is 1.37. The predicted octanol–water partition coefficient (Wildman–Crippen LogP) is 4.26. The number of aromatic nitrogens is 1. The Hall–Kier alpha value is -2.93. The summed E-state index contributed by atoms with van der Waals surface area (Å²) in [5.41, 5.74) is 4.67. The molecule has 2 saturated heterocycles. The van der Waals surface area contributed by atoms with Gasteiger partial charge in [-0.15, -0.1) is 0 Å². The number of nitrogens with zero attached hydrogens (tertiary/aromatic N) is 4. The van der Waals surface area contributed by atoms with Crippen LogP contribution in [0, 0.1) is 0 Å². The number of likely N-dealkylation sites (N-methyl/N-ethyl adjacent to an activating group) is 1. The molecule has 0 N–H and O–H groups in total. The topological polar surface area (TPSA) is 50.2 Å². The van der Waals surface area contributed by atoms with E-state index in [0.29, 0.717) is 6.54 Å². The van der Waals surface area contributed by atoms with E-state index in [4.69, 9.17) is 9.47 Å². The minimum atomic E-state index is -0.231. The van der Waals surface area contributed by atoms with Gasteiger partial charge in [0.25, 0.3) is 0 Å². The Labute approximate surface area is 207 Å². The molecule has 1 aromatic heterocycles. The third-order valence-corrected chi connectivity index (χ3v) is 8.82. The Morgan fingerprint density at radius 3 is 2.43 bits per heavy atom. The molecule has 1 saturated carbocycles. The molecule has 2 spiro atoms. The predicted molar refractivity (Wildman–Crippen MR) is 135 cm³/mol. The number of piperidine rings is 1. The lowest BCUT2D eigenvalue weighted by Crippen LogP contribution is -2.53. The summed E-state index contributed by atoms with van der Waals surface area (Å²) in [6.07, 6.45) is 8.68. The number of hydrogen-bond donors (Lipinski definition) is 0. The van der Waals surface area contributed by atoms with Crippen LogP contribution in [-0.4, -0.2) is 64.7 Å². The number of carbonyl (C=O) groups is 1. The van der Waals surface area contributed by atoms with Gasteiger partial charge in [0.2, 0.25) is 0 Å². The van der Waals surface area contributed by atoms with Gasteiger partial charge in [-0.05, 0) is 56.4 Å². The summed E-state index contributed by atoms with van der Waals surface area (Å²) in [6, 6.07) is 8.55. The van der Waals surface area contributed by atoms with E-state index in [-0.39, 0.29) is 17.0 Å². The van der Waals surface area contributed by atoms with Crippen molar-refractivity contribution < 1.29 is 14.3 Å². The van der Waals surface area contributed by atoms with E-state index in [2.05, 4.69) is 63.7 Å². The number of amides is 2. The third kappa shape index (κ3) is 3.31. The van der Waals surface area contributed by atoms with Gasteiger partial charge in [-0.1, -0.05) is 6.08 Å². The zero-order chi connectivity index (χ0) is 24.4. The Kier molecular flexibility index (Phi) is 5.18. The van der Waals surface area contributed by atoms with Crippen LogP contribution in [0.15, 0.2) is 42.2 Å². The normalized spacial score (nSPS) is 22.2. The maximum absolute atomic E-state index is 13.9. The number of likely N-dealkylation sites (tertiary alicyclic amines) is 1. The largest absolute Gasteiger partial charge is 0.497 e. The average Bonchev–Trinajstić information content (AvgIpc) is 3.53. The summed E-state index contributed by atoms with van der Waals surface area (Å²) in [6.45, 7) is 6.34. The molecule has 1 aromatic carbocycles. The van der Waals surface area contributed by atoms with Crippen molar-refractivity contribution in [3.8, 4) is 11.5 Å². The molecule has 1 aliphatic carbocycles. The lowest BCUT2D eigenvalue weighted by atomic mass is 9.81. The van der Waals surface area contributed by atoms with Crippen molar-refractivity contribution in [2.45, 2.75) is 56.7 Å². The summed E-state index contributed by atoms with van der Waals surface area (Å²) < 4.78 is 13.6. The second kappa shape index (κ2) is 8.05. The van der Waals surface area contributed by atoms with Gasteiger partial charge < -0.3 is 18.9 Å². The molecule has 35 heavy (non-hydrogen) atoms. The molecule has 7 nitrogen and oxygen atoms in total. The Bertz CT molecular complexity index is 1190. The van der Waals surface area contributed by atoms with Gasteiger partial charge in [0.1, 0.15) is 11.5 Å². The minimum absolute atomic E-state index is 0.0474. The van der Waals surface area contributed by atoms with Crippen LogP contribution >= 0.6 is 0 Å². The average molecular weight is 477 g/mol. The molecule has 0 atom stereocenters. The van der Waals surface area contributed by atoms with E-state index in [0.717, 1.165) is 68.9 Å². The van der Waals surface area contributed by atoms with Gasteiger partial charge in [0.15, 0.2) is 0 Å². The fraction of sp³-hybridized carbons (Fsp3) is 0.536. The molecule has 7 heteroatoms. The van der Waals surface area contributed by atoms with Gasteiger partial charge in [-0.2, -0.15) is 0 Å². The highest BCUT2D eigenvalue weighted by Gasteiger charge is 2.58. The van der Waals surface area contributed by atoms with Crippen molar-refractivity contribution in [2.75, 3.05) is 33.9 Å². The molecule has 3 fully saturated rings. The second-order valence-corrected chi connectivity index (χ2v) is 10.6. The highest BCUT2D eigenvalue weighted by Crippen LogP contribution is 2.59. The lowest BCUT2D eigenvalue weighted by Gasteiger charge is -2.44. The zero-order valence-electron chi connectivity index (χ0n) is 21.3. The van der Waals surface area contributed by atoms with Crippen LogP contribution in [0.25, 0.3) is 0 Å². The second-order valence-electron chi connectivity index (χ2n) is 10.6. The first-order valence-corrected chi connectivity index (χ1v) is 12.8. The molecule has 3 aliphatic heterocycles. The molecule has 4 heterocycles. The molecular formula is C28H36N4O3. The number of fused-ring (bicyclic) bond motifs is 4. The fourth-order valence-electron chi connectivity index (χ4n) is 6.77. The highest BCUT2D eigenvalue weighted by molar-refractivity contribution is 5.83. The first kappa shape index (κ1) is 22.5. The number of benzene rings is 1. The van der Waals surface area contributed by atoms with E-state index >= 15 is 0 Å². The number of methoxy groups -OCH3 is 2. The quantitative estimate of drug-likeness (QED) is 0.647. The van der Waals surface area contributed by atoms with Gasteiger partial charge in [0.05, 0.1) is 26.3 Å². The molecule has 0 unspecified atom stereocenters. The molecule has 0 bridgehead atoms. The number of carbonyl (C=O) groups excluding carboxylic acids is 1. The standard InChI is InChI=1S/C28H36N4O3/c1-5-32-26(33)31-18-20-15-22(34-3)16-23(35-4)25(20)27(8-9-27)17-24(31)28(32)10-13-30(14-11-28)19-21-7-6-12-29(21)2/h6-7,12,15-17H,5,8-11,13-14,18-19H2,1-4H3. The molecule has 2 amide bonds.